The van der Waals surface area contributed by atoms with Crippen molar-refractivity contribution in [3.8, 4) is 0 Å². The predicted molar refractivity (Wildman–Crippen MR) is 134 cm³/mol. The van der Waals surface area contributed by atoms with E-state index in [2.05, 4.69) is 6.92 Å². The summed E-state index contributed by atoms with van der Waals surface area (Å²) in [5.41, 5.74) is 0. The Bertz CT molecular complexity index is 590. The van der Waals surface area contributed by atoms with Crippen LogP contribution in [0, 0.1) is 0 Å². The summed E-state index contributed by atoms with van der Waals surface area (Å²) in [6, 6.07) is 0. The van der Waals surface area contributed by atoms with Gasteiger partial charge >= 0.3 is 11.9 Å². The van der Waals surface area contributed by atoms with Crippen LogP contribution in [-0.4, -0.2) is 70.7 Å². The van der Waals surface area contributed by atoms with Crippen LogP contribution in [0.3, 0.4) is 0 Å². The topological polar surface area (TPSA) is 123 Å². The summed E-state index contributed by atoms with van der Waals surface area (Å²) < 4.78 is 29.3. The average Bonchev–Trinajstić information content (AvgIpc) is 2.85. The Kier molecular flexibility index (Phi) is 18.0. The molecule has 0 spiro atoms. The van der Waals surface area contributed by atoms with Gasteiger partial charge in [-0.05, 0) is 6.42 Å². The summed E-state index contributed by atoms with van der Waals surface area (Å²) in [5.74, 6) is -1.35. The number of alkyl halides is 1. The summed E-state index contributed by atoms with van der Waals surface area (Å²) >= 11 is 0. The lowest BCUT2D eigenvalue weighted by Gasteiger charge is -2.40. The third-order valence-electron chi connectivity index (χ3n) is 6.63. The molecular weight excluding hydrogens is 471 g/mol. The quantitative estimate of drug-likeness (QED) is 0.158. The highest BCUT2D eigenvalue weighted by Crippen LogP contribution is 2.26. The highest BCUT2D eigenvalue weighted by molar-refractivity contribution is 5.69. The fraction of sp³-hybridized carbons (Fsp3) is 0.926. The number of hydrogen-bond acceptors (Lipinski definition) is 8. The SMILES string of the molecule is CCCCCCCCCCCCCCCCCC(=O)OCC(F)[C@H]1OC(OC(C)=O)[C@@H](O)[C@@H](O)[C@@H]1O. The first-order chi connectivity index (χ1) is 17.3. The second-order valence-electron chi connectivity index (χ2n) is 9.95. The summed E-state index contributed by atoms with van der Waals surface area (Å²) in [4.78, 5) is 23.0. The van der Waals surface area contributed by atoms with Gasteiger partial charge in [0.15, 0.2) is 6.17 Å². The molecule has 1 heterocycles. The maximum atomic E-state index is 14.5. The van der Waals surface area contributed by atoms with Gasteiger partial charge in [-0.2, -0.15) is 0 Å². The highest BCUT2D eigenvalue weighted by Gasteiger charge is 2.48. The second-order valence-corrected chi connectivity index (χ2v) is 9.95. The first-order valence-corrected chi connectivity index (χ1v) is 13.9. The Morgan fingerprint density at radius 3 is 1.72 bits per heavy atom. The van der Waals surface area contributed by atoms with E-state index in [1.54, 1.807) is 0 Å². The van der Waals surface area contributed by atoms with Gasteiger partial charge in [0.1, 0.15) is 31.0 Å². The average molecular weight is 521 g/mol. The molecule has 2 unspecified atom stereocenters. The molecule has 0 saturated carbocycles. The zero-order valence-electron chi connectivity index (χ0n) is 22.2. The number of ether oxygens (including phenoxy) is 3. The molecule has 9 heteroatoms. The van der Waals surface area contributed by atoms with Gasteiger partial charge in [-0.15, -0.1) is 0 Å². The van der Waals surface area contributed by atoms with E-state index in [0.29, 0.717) is 6.42 Å². The molecule has 0 aromatic heterocycles. The fourth-order valence-corrected chi connectivity index (χ4v) is 4.41. The largest absolute Gasteiger partial charge is 0.462 e. The maximum absolute atomic E-state index is 14.5. The van der Waals surface area contributed by atoms with Crippen LogP contribution >= 0.6 is 0 Å². The summed E-state index contributed by atoms with van der Waals surface area (Å²) in [6.45, 7) is 2.64. The van der Waals surface area contributed by atoms with Crippen molar-refractivity contribution >= 4 is 11.9 Å². The Labute approximate surface area is 215 Å². The molecule has 0 amide bonds. The third kappa shape index (κ3) is 13.9. The van der Waals surface area contributed by atoms with Crippen molar-refractivity contribution in [2.24, 2.45) is 0 Å². The van der Waals surface area contributed by atoms with Crippen LogP contribution in [-0.2, 0) is 23.8 Å². The van der Waals surface area contributed by atoms with Crippen LogP contribution in [0.4, 0.5) is 4.39 Å². The number of carbonyl (C=O) groups is 2. The molecule has 1 rings (SSSR count). The van der Waals surface area contributed by atoms with Gasteiger partial charge in [0.2, 0.25) is 6.29 Å². The lowest BCUT2D eigenvalue weighted by molar-refractivity contribution is -0.298. The number of rotatable bonds is 20. The van der Waals surface area contributed by atoms with Gasteiger partial charge in [-0.1, -0.05) is 96.8 Å². The fourth-order valence-electron chi connectivity index (χ4n) is 4.41. The van der Waals surface area contributed by atoms with Gasteiger partial charge in [0.05, 0.1) is 0 Å². The molecule has 0 aromatic rings. The zero-order valence-corrected chi connectivity index (χ0v) is 22.2. The van der Waals surface area contributed by atoms with Gasteiger partial charge in [-0.25, -0.2) is 4.39 Å². The van der Waals surface area contributed by atoms with Crippen LogP contribution in [0.2, 0.25) is 0 Å². The van der Waals surface area contributed by atoms with Gasteiger partial charge in [0, 0.05) is 13.3 Å². The molecule has 1 aliphatic rings. The van der Waals surface area contributed by atoms with Crippen molar-refractivity contribution in [1.29, 1.82) is 0 Å². The van der Waals surface area contributed by atoms with Crippen molar-refractivity contribution in [2.45, 2.75) is 153 Å². The molecule has 3 N–H and O–H groups in total. The van der Waals surface area contributed by atoms with E-state index in [1.807, 2.05) is 0 Å². The number of carbonyl (C=O) groups excluding carboxylic acids is 2. The Morgan fingerprint density at radius 1 is 0.778 bits per heavy atom. The molecule has 0 radical (unpaired) electrons. The van der Waals surface area contributed by atoms with Crippen molar-refractivity contribution in [1.82, 2.24) is 0 Å². The number of esters is 2. The van der Waals surface area contributed by atoms with Crippen LogP contribution < -0.4 is 0 Å². The molecule has 212 valence electrons. The predicted octanol–water partition coefficient (Wildman–Crippen LogP) is 4.50. The molecule has 36 heavy (non-hydrogen) atoms. The van der Waals surface area contributed by atoms with Crippen LogP contribution in [0.15, 0.2) is 0 Å². The third-order valence-corrected chi connectivity index (χ3v) is 6.63. The van der Waals surface area contributed by atoms with E-state index >= 15 is 0 Å². The Hall–Kier alpha value is -1.29. The zero-order chi connectivity index (χ0) is 26.8. The van der Waals surface area contributed by atoms with Crippen molar-refractivity contribution in [3.63, 3.8) is 0 Å². The molecule has 0 aliphatic carbocycles. The number of aliphatic hydroxyl groups is 3. The van der Waals surface area contributed by atoms with Crippen molar-refractivity contribution in [3.05, 3.63) is 0 Å². The number of unbranched alkanes of at least 4 members (excludes halogenated alkanes) is 14. The van der Waals surface area contributed by atoms with Crippen molar-refractivity contribution < 1.29 is 43.5 Å². The van der Waals surface area contributed by atoms with Gasteiger partial charge in [0.25, 0.3) is 0 Å². The molecule has 6 atom stereocenters. The maximum Gasteiger partial charge on any atom is 0.305 e. The molecule has 1 saturated heterocycles. The lowest BCUT2D eigenvalue weighted by Crippen LogP contribution is -2.61. The minimum absolute atomic E-state index is 0.177. The Morgan fingerprint density at radius 2 is 1.25 bits per heavy atom. The summed E-state index contributed by atoms with van der Waals surface area (Å²) in [6.07, 6.45) is 8.03. The molecule has 1 aliphatic heterocycles. The van der Waals surface area contributed by atoms with Crippen LogP contribution in [0.1, 0.15) is 117 Å². The van der Waals surface area contributed by atoms with Gasteiger partial charge in [-0.3, -0.25) is 9.59 Å². The lowest BCUT2D eigenvalue weighted by atomic mass is 9.96. The Balaban J connectivity index is 2.05. The summed E-state index contributed by atoms with van der Waals surface area (Å²) in [5, 5.41) is 29.7. The molecular formula is C27H49FO8. The molecule has 0 bridgehead atoms. The summed E-state index contributed by atoms with van der Waals surface area (Å²) in [7, 11) is 0. The molecule has 8 nitrogen and oxygen atoms in total. The normalized spacial score (nSPS) is 24.9. The standard InChI is InChI=1S/C27H49FO8/c1-3-4-5-6-7-8-9-10-11-12-13-14-15-16-17-18-22(30)34-19-21(28)26-24(32)23(31)25(33)27(36-26)35-20(2)29/h21,23-27,31-33H,3-19H2,1-2H3/t21?,23-,24-,25-,26+,27?/m0/s1. The minimum Gasteiger partial charge on any atom is -0.462 e. The van der Waals surface area contributed by atoms with Crippen molar-refractivity contribution in [2.75, 3.05) is 6.61 Å². The van der Waals surface area contributed by atoms with E-state index in [1.165, 1.54) is 70.6 Å². The first-order valence-electron chi connectivity index (χ1n) is 13.9. The van der Waals surface area contributed by atoms with E-state index in [9.17, 15) is 29.3 Å². The van der Waals surface area contributed by atoms with Gasteiger partial charge < -0.3 is 29.5 Å². The molecule has 1 fully saturated rings. The highest BCUT2D eigenvalue weighted by atomic mass is 19.1. The number of hydrogen-bond donors (Lipinski definition) is 3. The van der Waals surface area contributed by atoms with E-state index in [-0.39, 0.29) is 6.42 Å². The first kappa shape index (κ1) is 32.7. The second kappa shape index (κ2) is 19.8. The molecule has 0 aromatic carbocycles. The van der Waals surface area contributed by atoms with E-state index < -0.39 is 55.4 Å². The monoisotopic (exact) mass is 520 g/mol. The van der Waals surface area contributed by atoms with E-state index in [0.717, 1.165) is 26.2 Å². The number of halogens is 1. The smallest absolute Gasteiger partial charge is 0.305 e. The van der Waals surface area contributed by atoms with E-state index in [4.69, 9.17) is 14.2 Å². The minimum atomic E-state index is -1.97. The number of aliphatic hydroxyl groups excluding tert-OH is 3. The van der Waals surface area contributed by atoms with Crippen LogP contribution in [0.25, 0.3) is 0 Å². The van der Waals surface area contributed by atoms with Crippen LogP contribution in [0.5, 0.6) is 0 Å².